The Labute approximate surface area is 123 Å². The molecule has 3 rings (SSSR count). The van der Waals surface area contributed by atoms with Gasteiger partial charge in [-0.15, -0.1) is 0 Å². The lowest BCUT2D eigenvalue weighted by atomic mass is 9.69. The predicted molar refractivity (Wildman–Crippen MR) is 72.2 cm³/mol. The Bertz CT molecular complexity index is 409. The molecule has 5 nitrogen and oxygen atoms in total. The Hall–Kier alpha value is -1.08. The number of rotatable bonds is 6. The van der Waals surface area contributed by atoms with Gasteiger partial charge in [-0.1, -0.05) is 6.92 Å². The molecule has 0 saturated carbocycles. The smallest absolute Gasteiger partial charge is 0.315 e. The average Bonchev–Trinajstić information content (AvgIpc) is 2.46. The Morgan fingerprint density at radius 3 is 2.62 bits per heavy atom. The van der Waals surface area contributed by atoms with Crippen LogP contribution < -0.4 is 0 Å². The van der Waals surface area contributed by atoms with Gasteiger partial charge in [0.2, 0.25) is 0 Å². The number of carbonyl (C=O) groups is 2. The SMILES string of the molecule is COCCN(CC1C(=O)C2(C)CCN1CC2)C(=O)C(F)F. The van der Waals surface area contributed by atoms with Crippen LogP contribution >= 0.6 is 0 Å². The van der Waals surface area contributed by atoms with Gasteiger partial charge >= 0.3 is 6.43 Å². The molecule has 21 heavy (non-hydrogen) atoms. The summed E-state index contributed by atoms with van der Waals surface area (Å²) >= 11 is 0. The van der Waals surface area contributed by atoms with Gasteiger partial charge in [0.15, 0.2) is 5.78 Å². The van der Waals surface area contributed by atoms with E-state index in [9.17, 15) is 18.4 Å². The number of alkyl halides is 2. The molecule has 3 aliphatic rings. The summed E-state index contributed by atoms with van der Waals surface area (Å²) in [6.07, 6.45) is -1.44. The zero-order chi connectivity index (χ0) is 15.6. The van der Waals surface area contributed by atoms with Crippen molar-refractivity contribution in [2.75, 3.05) is 39.9 Å². The van der Waals surface area contributed by atoms with Gasteiger partial charge in [0.1, 0.15) is 0 Å². The minimum absolute atomic E-state index is 0.0287. The molecule has 3 aliphatic heterocycles. The summed E-state index contributed by atoms with van der Waals surface area (Å²) in [5.41, 5.74) is -0.361. The van der Waals surface area contributed by atoms with Crippen LogP contribution in [-0.2, 0) is 14.3 Å². The molecule has 7 heteroatoms. The maximum Gasteiger partial charge on any atom is 0.315 e. The Kier molecular flexibility index (Phi) is 4.93. The van der Waals surface area contributed by atoms with Gasteiger partial charge in [0, 0.05) is 25.6 Å². The van der Waals surface area contributed by atoms with E-state index in [1.807, 2.05) is 11.8 Å². The zero-order valence-electron chi connectivity index (χ0n) is 12.5. The minimum atomic E-state index is -3.05. The van der Waals surface area contributed by atoms with E-state index < -0.39 is 18.4 Å². The van der Waals surface area contributed by atoms with Crippen molar-refractivity contribution in [2.45, 2.75) is 32.2 Å². The van der Waals surface area contributed by atoms with Crippen LogP contribution in [0.1, 0.15) is 19.8 Å². The summed E-state index contributed by atoms with van der Waals surface area (Å²) in [5.74, 6) is -1.16. The van der Waals surface area contributed by atoms with E-state index in [-0.39, 0.29) is 30.9 Å². The fraction of sp³-hybridized carbons (Fsp3) is 0.857. The first-order valence-corrected chi connectivity index (χ1v) is 7.23. The Balaban J connectivity index is 2.09. The predicted octanol–water partition coefficient (Wildman–Crippen LogP) is 0.780. The Morgan fingerprint density at radius 2 is 2.10 bits per heavy atom. The summed E-state index contributed by atoms with van der Waals surface area (Å²) < 4.78 is 30.2. The van der Waals surface area contributed by atoms with Crippen LogP contribution in [0.25, 0.3) is 0 Å². The van der Waals surface area contributed by atoms with Gasteiger partial charge in [0.25, 0.3) is 5.91 Å². The molecule has 3 fully saturated rings. The van der Waals surface area contributed by atoms with Crippen molar-refractivity contribution in [3.8, 4) is 0 Å². The molecule has 0 aliphatic carbocycles. The first-order valence-electron chi connectivity index (χ1n) is 7.23. The molecular formula is C14H22F2N2O3. The topological polar surface area (TPSA) is 49.9 Å². The van der Waals surface area contributed by atoms with E-state index in [1.54, 1.807) is 0 Å². The first kappa shape index (κ1) is 16.3. The number of halogens is 2. The fourth-order valence-electron chi connectivity index (χ4n) is 3.18. The minimum Gasteiger partial charge on any atom is -0.383 e. The van der Waals surface area contributed by atoms with E-state index in [1.165, 1.54) is 7.11 Å². The van der Waals surface area contributed by atoms with Crippen LogP contribution in [-0.4, -0.2) is 73.9 Å². The number of carbonyl (C=O) groups excluding carboxylic acids is 2. The second-order valence-corrected chi connectivity index (χ2v) is 6.05. The third kappa shape index (κ3) is 3.23. The van der Waals surface area contributed by atoms with Gasteiger partial charge in [-0.05, 0) is 25.9 Å². The Morgan fingerprint density at radius 1 is 1.48 bits per heavy atom. The molecule has 0 aromatic heterocycles. The van der Waals surface area contributed by atoms with Crippen molar-refractivity contribution in [2.24, 2.45) is 5.41 Å². The normalized spacial score (nSPS) is 31.8. The third-order valence-corrected chi connectivity index (χ3v) is 4.70. The number of Topliss-reactive ketones (excluding diaryl/α,β-unsaturated/α-hetero) is 1. The summed E-state index contributed by atoms with van der Waals surface area (Å²) in [5, 5.41) is 0. The van der Waals surface area contributed by atoms with Crippen molar-refractivity contribution in [3.05, 3.63) is 0 Å². The highest BCUT2D eigenvalue weighted by Gasteiger charge is 2.49. The van der Waals surface area contributed by atoms with Crippen LogP contribution in [0.5, 0.6) is 0 Å². The number of piperidine rings is 3. The van der Waals surface area contributed by atoms with Gasteiger partial charge in [-0.25, -0.2) is 0 Å². The lowest BCUT2D eigenvalue weighted by molar-refractivity contribution is -0.152. The van der Waals surface area contributed by atoms with Gasteiger partial charge in [-0.3, -0.25) is 14.5 Å². The lowest BCUT2D eigenvalue weighted by Gasteiger charge is -2.50. The zero-order valence-corrected chi connectivity index (χ0v) is 12.5. The molecule has 1 atom stereocenters. The van der Waals surface area contributed by atoms with Crippen LogP contribution in [0.15, 0.2) is 0 Å². The summed E-state index contributed by atoms with van der Waals surface area (Å²) in [4.78, 5) is 27.2. The second kappa shape index (κ2) is 6.36. The molecule has 120 valence electrons. The number of nitrogens with zero attached hydrogens (tertiary/aromatic N) is 2. The van der Waals surface area contributed by atoms with Crippen LogP contribution in [0.2, 0.25) is 0 Å². The number of hydrogen-bond acceptors (Lipinski definition) is 4. The first-order chi connectivity index (χ1) is 9.89. The molecule has 0 aromatic carbocycles. The number of hydrogen-bond donors (Lipinski definition) is 0. The average molecular weight is 304 g/mol. The van der Waals surface area contributed by atoms with Gasteiger partial charge in [0.05, 0.1) is 12.6 Å². The van der Waals surface area contributed by atoms with Gasteiger partial charge in [-0.2, -0.15) is 8.78 Å². The van der Waals surface area contributed by atoms with Crippen LogP contribution in [0, 0.1) is 5.41 Å². The monoisotopic (exact) mass is 304 g/mol. The quantitative estimate of drug-likeness (QED) is 0.728. The number of ketones is 1. The number of fused-ring (bicyclic) bond motifs is 3. The standard InChI is InChI=1S/C14H22F2N2O3/c1-14-3-5-17(6-4-14)10(11(14)19)9-18(7-8-21-2)13(20)12(15)16/h10,12H,3-9H2,1-2H3. The van der Waals surface area contributed by atoms with Crippen molar-refractivity contribution >= 4 is 11.7 Å². The van der Waals surface area contributed by atoms with E-state index in [0.717, 1.165) is 30.8 Å². The third-order valence-electron chi connectivity index (χ3n) is 4.70. The maximum atomic E-state index is 12.7. The highest BCUT2D eigenvalue weighted by atomic mass is 19.3. The molecule has 0 aromatic rings. The number of methoxy groups -OCH3 is 1. The molecule has 2 bridgehead atoms. The van der Waals surface area contributed by atoms with Crippen molar-refractivity contribution in [1.82, 2.24) is 9.80 Å². The summed E-state index contributed by atoms with van der Waals surface area (Å²) in [7, 11) is 1.45. The van der Waals surface area contributed by atoms with E-state index >= 15 is 0 Å². The summed E-state index contributed by atoms with van der Waals surface area (Å²) in [6.45, 7) is 3.79. The molecule has 1 unspecified atom stereocenters. The van der Waals surface area contributed by atoms with Crippen LogP contribution in [0.4, 0.5) is 8.78 Å². The number of ether oxygens (including phenoxy) is 1. The number of amides is 1. The summed E-state index contributed by atoms with van der Waals surface area (Å²) in [6, 6.07) is -0.461. The fourth-order valence-corrected chi connectivity index (χ4v) is 3.18. The van der Waals surface area contributed by atoms with E-state index in [4.69, 9.17) is 4.74 Å². The highest BCUT2D eigenvalue weighted by Crippen LogP contribution is 2.40. The largest absolute Gasteiger partial charge is 0.383 e. The molecule has 0 radical (unpaired) electrons. The second-order valence-electron chi connectivity index (χ2n) is 6.05. The maximum absolute atomic E-state index is 12.7. The van der Waals surface area contributed by atoms with E-state index in [2.05, 4.69) is 0 Å². The van der Waals surface area contributed by atoms with E-state index in [0.29, 0.717) is 0 Å². The van der Waals surface area contributed by atoms with Crippen LogP contribution in [0.3, 0.4) is 0 Å². The lowest BCUT2D eigenvalue weighted by Crippen LogP contribution is -2.63. The molecule has 0 N–H and O–H groups in total. The van der Waals surface area contributed by atoms with Crippen molar-refractivity contribution in [1.29, 1.82) is 0 Å². The molecule has 3 heterocycles. The molecule has 0 spiro atoms. The highest BCUT2D eigenvalue weighted by molar-refractivity contribution is 5.92. The van der Waals surface area contributed by atoms with Crippen molar-refractivity contribution < 1.29 is 23.1 Å². The molecule has 3 saturated heterocycles. The van der Waals surface area contributed by atoms with Crippen molar-refractivity contribution in [3.63, 3.8) is 0 Å². The molecular weight excluding hydrogens is 282 g/mol. The van der Waals surface area contributed by atoms with Gasteiger partial charge < -0.3 is 9.64 Å². The molecule has 1 amide bonds.